The molecule has 0 amide bonds. The summed E-state index contributed by atoms with van der Waals surface area (Å²) in [5.74, 6) is 0. The molecule has 0 bridgehead atoms. The van der Waals surface area contributed by atoms with Crippen LogP contribution in [0.5, 0.6) is 0 Å². The number of rotatable bonds is 4. The average molecular weight is 541 g/mol. The molecular formula is C38H28N4. The maximum atomic E-state index is 5.01. The molecule has 0 aliphatic rings. The third-order valence-electron chi connectivity index (χ3n) is 8.11. The summed E-state index contributed by atoms with van der Waals surface area (Å²) < 4.78 is 2.23. The lowest BCUT2D eigenvalue weighted by molar-refractivity contribution is 1.02. The predicted octanol–water partition coefficient (Wildman–Crippen LogP) is 10.1. The zero-order valence-electron chi connectivity index (χ0n) is 23.2. The monoisotopic (exact) mass is 540 g/mol. The number of nitrogens with zero attached hydrogens (tertiary/aromatic N) is 2. The first kappa shape index (κ1) is 24.2. The van der Waals surface area contributed by atoms with Gasteiger partial charge in [0.2, 0.25) is 0 Å². The van der Waals surface area contributed by atoms with Crippen LogP contribution in [0.15, 0.2) is 140 Å². The molecule has 6 aromatic carbocycles. The van der Waals surface area contributed by atoms with Gasteiger partial charge >= 0.3 is 0 Å². The van der Waals surface area contributed by atoms with Crippen molar-refractivity contribution in [3.8, 4) is 22.3 Å². The van der Waals surface area contributed by atoms with Crippen LogP contribution in [0.4, 0.5) is 11.4 Å². The van der Waals surface area contributed by atoms with Gasteiger partial charge in [-0.05, 0) is 53.9 Å². The van der Waals surface area contributed by atoms with Gasteiger partial charge in [0.05, 0.1) is 27.8 Å². The first-order chi connectivity index (χ1) is 20.7. The first-order valence-electron chi connectivity index (χ1n) is 14.2. The quantitative estimate of drug-likeness (QED) is 0.233. The Kier molecular flexibility index (Phi) is 5.64. The van der Waals surface area contributed by atoms with Gasteiger partial charge in [-0.25, -0.2) is 0 Å². The lowest BCUT2D eigenvalue weighted by Gasteiger charge is -2.15. The summed E-state index contributed by atoms with van der Waals surface area (Å²) in [7, 11) is 0. The maximum Gasteiger partial charge on any atom is 0.0882 e. The Balaban J connectivity index is 1.43. The van der Waals surface area contributed by atoms with E-state index in [0.29, 0.717) is 0 Å². The molecule has 0 atom stereocenters. The van der Waals surface area contributed by atoms with Gasteiger partial charge in [0.1, 0.15) is 0 Å². The number of H-pyrrole nitrogens is 1. The minimum Gasteiger partial charge on any atom is -0.354 e. The van der Waals surface area contributed by atoms with E-state index in [2.05, 4.69) is 149 Å². The van der Waals surface area contributed by atoms with Gasteiger partial charge in [0.15, 0.2) is 0 Å². The molecule has 0 fully saturated rings. The molecule has 4 heteroatoms. The Morgan fingerprint density at radius 2 is 1.26 bits per heavy atom. The van der Waals surface area contributed by atoms with Crippen LogP contribution in [0.3, 0.4) is 0 Å². The van der Waals surface area contributed by atoms with Crippen LogP contribution >= 0.6 is 0 Å². The molecule has 0 radical (unpaired) electrons. The van der Waals surface area contributed by atoms with E-state index >= 15 is 0 Å². The lowest BCUT2D eigenvalue weighted by atomic mass is 9.98. The second-order valence-electron chi connectivity index (χ2n) is 10.7. The summed E-state index contributed by atoms with van der Waals surface area (Å²) in [6, 6.07) is 49.0. The van der Waals surface area contributed by atoms with Gasteiger partial charge in [0, 0.05) is 33.1 Å². The molecule has 8 aromatic rings. The molecular weight excluding hydrogens is 512 g/mol. The topological polar surface area (TPSA) is 45.1 Å². The fraction of sp³-hybridized carbons (Fsp3) is 0.0263. The zero-order chi connectivity index (χ0) is 28.0. The van der Waals surface area contributed by atoms with E-state index in [4.69, 9.17) is 4.98 Å². The second-order valence-corrected chi connectivity index (χ2v) is 10.7. The smallest absolute Gasteiger partial charge is 0.0882 e. The van der Waals surface area contributed by atoms with E-state index in [-0.39, 0.29) is 0 Å². The molecule has 0 unspecified atom stereocenters. The van der Waals surface area contributed by atoms with E-state index in [1.54, 1.807) is 0 Å². The van der Waals surface area contributed by atoms with Crippen molar-refractivity contribution in [3.05, 3.63) is 145 Å². The van der Waals surface area contributed by atoms with Crippen LogP contribution < -0.4 is 5.32 Å². The summed E-state index contributed by atoms with van der Waals surface area (Å²) >= 11 is 0. The number of anilines is 2. The third kappa shape index (κ3) is 3.96. The van der Waals surface area contributed by atoms with Crippen LogP contribution in [0, 0.1) is 6.92 Å². The van der Waals surface area contributed by atoms with Gasteiger partial charge < -0.3 is 5.32 Å². The SMILES string of the molecule is Cc1nc2ccccc2[nH]n2c3ccc(-c4ccccc4)c(Nc4ccc(-c5ccccc5)cc4)c3c3cccc1c32. The van der Waals surface area contributed by atoms with Crippen molar-refractivity contribution >= 4 is 49.6 Å². The van der Waals surface area contributed by atoms with E-state index in [0.717, 1.165) is 50.1 Å². The Labute approximate surface area is 243 Å². The minimum atomic E-state index is 0.928. The van der Waals surface area contributed by atoms with Crippen molar-refractivity contribution in [2.24, 2.45) is 0 Å². The van der Waals surface area contributed by atoms with Crippen LogP contribution in [0.2, 0.25) is 0 Å². The standard InChI is InChI=1S/C38H28N4/c1-25-30-15-10-16-32-36-35(42(38(30)32)41-34-18-9-8-17-33(34)39-25)24-23-31(28-13-6-3-7-14-28)37(36)40-29-21-19-27(20-22-29)26-11-4-2-5-12-26/h2-24,40-41H,1H3. The van der Waals surface area contributed by atoms with Gasteiger partial charge in [-0.3, -0.25) is 14.6 Å². The Bertz CT molecular complexity index is 2260. The number of aromatic amines is 1. The highest BCUT2D eigenvalue weighted by atomic mass is 15.2. The van der Waals surface area contributed by atoms with Crippen LogP contribution in [0.1, 0.15) is 5.69 Å². The molecule has 0 spiro atoms. The lowest BCUT2D eigenvalue weighted by Crippen LogP contribution is -1.96. The molecule has 8 rings (SSSR count). The van der Waals surface area contributed by atoms with Crippen molar-refractivity contribution in [2.45, 2.75) is 6.92 Å². The van der Waals surface area contributed by atoms with Crippen molar-refractivity contribution in [3.63, 3.8) is 0 Å². The number of benzene rings is 6. The maximum absolute atomic E-state index is 5.01. The van der Waals surface area contributed by atoms with Crippen LogP contribution in [-0.2, 0) is 0 Å². The predicted molar refractivity (Wildman–Crippen MR) is 176 cm³/mol. The second kappa shape index (κ2) is 9.79. The number of para-hydroxylation sites is 3. The summed E-state index contributed by atoms with van der Waals surface area (Å²) in [5.41, 5.74) is 12.0. The van der Waals surface area contributed by atoms with Gasteiger partial charge in [0.25, 0.3) is 0 Å². The van der Waals surface area contributed by atoms with E-state index < -0.39 is 0 Å². The third-order valence-corrected chi connectivity index (χ3v) is 8.11. The number of fused-ring (bicyclic) bond motifs is 4. The normalized spacial score (nSPS) is 11.5. The van der Waals surface area contributed by atoms with Crippen LogP contribution in [-0.4, -0.2) is 14.6 Å². The minimum absolute atomic E-state index is 0.928. The molecule has 0 saturated heterocycles. The molecule has 0 aliphatic heterocycles. The molecule has 2 aromatic heterocycles. The Morgan fingerprint density at radius 3 is 2.05 bits per heavy atom. The van der Waals surface area contributed by atoms with E-state index in [1.807, 2.05) is 12.1 Å². The first-order valence-corrected chi connectivity index (χ1v) is 14.2. The number of nitrogens with one attached hydrogen (secondary N) is 2. The van der Waals surface area contributed by atoms with Gasteiger partial charge in [-0.15, -0.1) is 0 Å². The van der Waals surface area contributed by atoms with E-state index in [1.165, 1.54) is 27.5 Å². The molecule has 4 nitrogen and oxygen atoms in total. The number of hydrogen-bond acceptors (Lipinski definition) is 2. The van der Waals surface area contributed by atoms with Crippen molar-refractivity contribution in [1.29, 1.82) is 0 Å². The fourth-order valence-electron chi connectivity index (χ4n) is 6.10. The molecule has 0 aliphatic carbocycles. The molecule has 200 valence electrons. The summed E-state index contributed by atoms with van der Waals surface area (Å²) in [5, 5.41) is 11.0. The number of hydrogen-bond donors (Lipinski definition) is 2. The highest BCUT2D eigenvalue weighted by Gasteiger charge is 2.19. The number of aryl methyl sites for hydroxylation is 1. The Morgan fingerprint density at radius 1 is 0.595 bits per heavy atom. The van der Waals surface area contributed by atoms with Crippen LogP contribution in [0.25, 0.3) is 60.5 Å². The van der Waals surface area contributed by atoms with Crippen molar-refractivity contribution in [1.82, 2.24) is 14.6 Å². The van der Waals surface area contributed by atoms with E-state index in [9.17, 15) is 0 Å². The van der Waals surface area contributed by atoms with Crippen molar-refractivity contribution in [2.75, 3.05) is 5.32 Å². The highest BCUT2D eigenvalue weighted by molar-refractivity contribution is 6.21. The van der Waals surface area contributed by atoms with Gasteiger partial charge in [-0.1, -0.05) is 109 Å². The highest BCUT2D eigenvalue weighted by Crippen LogP contribution is 2.42. The summed E-state index contributed by atoms with van der Waals surface area (Å²) in [4.78, 5) is 5.01. The average Bonchev–Trinajstić information content (AvgIpc) is 3.36. The molecule has 0 saturated carbocycles. The summed E-state index contributed by atoms with van der Waals surface area (Å²) in [6.45, 7) is 2.10. The summed E-state index contributed by atoms with van der Waals surface area (Å²) in [6.07, 6.45) is 0. The largest absolute Gasteiger partial charge is 0.354 e. The number of aromatic nitrogens is 3. The van der Waals surface area contributed by atoms with Gasteiger partial charge in [-0.2, -0.15) is 0 Å². The van der Waals surface area contributed by atoms with Crippen molar-refractivity contribution < 1.29 is 0 Å². The fourth-order valence-corrected chi connectivity index (χ4v) is 6.10. The molecule has 2 N–H and O–H groups in total. The zero-order valence-corrected chi connectivity index (χ0v) is 23.2. The Hall–Kier alpha value is -5.61. The molecule has 42 heavy (non-hydrogen) atoms. The molecule has 2 heterocycles.